The number of anilines is 1. The van der Waals surface area contributed by atoms with Crippen molar-refractivity contribution in [2.75, 3.05) is 5.32 Å². The first kappa shape index (κ1) is 21.1. The summed E-state index contributed by atoms with van der Waals surface area (Å²) in [6, 6.07) is 23.3. The minimum Gasteiger partial charge on any atom is -0.321 e. The number of hydrogen-bond donors (Lipinski definition) is 1. The molecule has 0 spiro atoms. The minimum absolute atomic E-state index is 0.272. The average Bonchev–Trinajstić information content (AvgIpc) is 3.39. The number of carbonyl (C=O) groups is 1. The number of aromatic nitrogens is 3. The molecule has 1 N–H and O–H groups in total. The number of fused-ring (bicyclic) bond motifs is 3. The second-order valence-electron chi connectivity index (χ2n) is 7.98. The molecule has 6 aromatic rings. The Morgan fingerprint density at radius 2 is 1.68 bits per heavy atom. The fourth-order valence-electron chi connectivity index (χ4n) is 4.06. The standard InChI is InChI=1S/C26H16Cl2N4OS/c1-14-11-20-21(31-32(30-20)22-8-4-6-15-5-2-3-7-17(15)22)13-19(14)29-26(33)25-24(28)18-10-9-16(27)12-23(18)34-25/h2-13H,1H3,(H,29,33). The molecule has 1 amide bonds. The highest BCUT2D eigenvalue weighted by Gasteiger charge is 2.19. The van der Waals surface area contributed by atoms with Crippen LogP contribution in [0.3, 0.4) is 0 Å². The maximum atomic E-state index is 13.1. The van der Waals surface area contributed by atoms with Crippen molar-refractivity contribution in [3.63, 3.8) is 0 Å². The van der Waals surface area contributed by atoms with E-state index in [0.29, 0.717) is 26.1 Å². The van der Waals surface area contributed by atoms with E-state index in [1.54, 1.807) is 10.9 Å². The van der Waals surface area contributed by atoms with E-state index in [0.717, 1.165) is 37.6 Å². The van der Waals surface area contributed by atoms with E-state index in [9.17, 15) is 4.79 Å². The van der Waals surface area contributed by atoms with Gasteiger partial charge in [-0.3, -0.25) is 4.79 Å². The maximum Gasteiger partial charge on any atom is 0.267 e. The molecule has 0 aliphatic heterocycles. The number of benzene rings is 4. The lowest BCUT2D eigenvalue weighted by molar-refractivity contribution is 0.103. The van der Waals surface area contributed by atoms with Gasteiger partial charge in [-0.1, -0.05) is 65.7 Å². The van der Waals surface area contributed by atoms with E-state index < -0.39 is 0 Å². The topological polar surface area (TPSA) is 59.8 Å². The van der Waals surface area contributed by atoms with Crippen LogP contribution in [0, 0.1) is 6.92 Å². The smallest absolute Gasteiger partial charge is 0.267 e. The fraction of sp³-hybridized carbons (Fsp3) is 0.0385. The van der Waals surface area contributed by atoms with Crippen molar-refractivity contribution in [1.29, 1.82) is 0 Å². The Kier molecular flexibility index (Phi) is 5.03. The van der Waals surface area contributed by atoms with Crippen LogP contribution in [-0.4, -0.2) is 20.9 Å². The van der Waals surface area contributed by atoms with Crippen LogP contribution < -0.4 is 5.32 Å². The Bertz CT molecular complexity index is 1750. The zero-order valence-corrected chi connectivity index (χ0v) is 20.2. The summed E-state index contributed by atoms with van der Waals surface area (Å²) in [5, 5.41) is 16.4. The predicted molar refractivity (Wildman–Crippen MR) is 141 cm³/mol. The molecule has 0 radical (unpaired) electrons. The van der Waals surface area contributed by atoms with Crippen molar-refractivity contribution < 1.29 is 4.79 Å². The van der Waals surface area contributed by atoms with Crippen molar-refractivity contribution in [3.8, 4) is 5.69 Å². The molecule has 4 aromatic carbocycles. The number of nitrogens with zero attached hydrogens (tertiary/aromatic N) is 3. The van der Waals surface area contributed by atoms with Gasteiger partial charge < -0.3 is 5.32 Å². The largest absolute Gasteiger partial charge is 0.321 e. The van der Waals surface area contributed by atoms with Crippen molar-refractivity contribution in [2.24, 2.45) is 0 Å². The van der Waals surface area contributed by atoms with Gasteiger partial charge in [0.15, 0.2) is 0 Å². The molecular weight excluding hydrogens is 487 g/mol. The SMILES string of the molecule is Cc1cc2nn(-c3cccc4ccccc34)nc2cc1NC(=O)c1sc2cc(Cl)ccc2c1Cl. The molecule has 8 heteroatoms. The molecule has 5 nitrogen and oxygen atoms in total. The molecule has 0 bridgehead atoms. The van der Waals surface area contributed by atoms with Crippen molar-refractivity contribution >= 4 is 78.0 Å². The van der Waals surface area contributed by atoms with Crippen molar-refractivity contribution in [3.05, 3.63) is 93.3 Å². The monoisotopic (exact) mass is 502 g/mol. The Hall–Kier alpha value is -3.45. The summed E-state index contributed by atoms with van der Waals surface area (Å²) in [6.45, 7) is 1.93. The normalized spacial score (nSPS) is 11.5. The quantitative estimate of drug-likeness (QED) is 0.270. The molecule has 0 saturated heterocycles. The summed E-state index contributed by atoms with van der Waals surface area (Å²) >= 11 is 13.9. The lowest BCUT2D eigenvalue weighted by atomic mass is 10.1. The Balaban J connectivity index is 1.38. The first-order valence-corrected chi connectivity index (χ1v) is 12.1. The number of aryl methyl sites for hydroxylation is 1. The van der Waals surface area contributed by atoms with Gasteiger partial charge in [0.05, 0.1) is 10.7 Å². The van der Waals surface area contributed by atoms with Gasteiger partial charge in [-0.15, -0.1) is 26.3 Å². The second kappa shape index (κ2) is 8.09. The molecule has 0 aliphatic carbocycles. The zero-order chi connectivity index (χ0) is 23.4. The number of rotatable bonds is 3. The van der Waals surface area contributed by atoms with E-state index in [2.05, 4.69) is 28.6 Å². The van der Waals surface area contributed by atoms with Gasteiger partial charge in [0, 0.05) is 26.2 Å². The number of nitrogens with one attached hydrogen (secondary N) is 1. The summed E-state index contributed by atoms with van der Waals surface area (Å²) in [6.07, 6.45) is 0. The average molecular weight is 503 g/mol. The second-order valence-corrected chi connectivity index (χ2v) is 9.85. The van der Waals surface area contributed by atoms with Gasteiger partial charge in [0.25, 0.3) is 5.91 Å². The molecule has 0 unspecified atom stereocenters. The van der Waals surface area contributed by atoms with E-state index in [1.165, 1.54) is 11.3 Å². The van der Waals surface area contributed by atoms with E-state index in [-0.39, 0.29) is 5.91 Å². The predicted octanol–water partition coefficient (Wildman–Crippen LogP) is 7.66. The highest BCUT2D eigenvalue weighted by atomic mass is 35.5. The first-order chi connectivity index (χ1) is 16.5. The van der Waals surface area contributed by atoms with Crippen LogP contribution in [0.4, 0.5) is 5.69 Å². The van der Waals surface area contributed by atoms with E-state index >= 15 is 0 Å². The van der Waals surface area contributed by atoms with Crippen LogP contribution in [0.5, 0.6) is 0 Å². The van der Waals surface area contributed by atoms with E-state index in [4.69, 9.17) is 28.3 Å². The van der Waals surface area contributed by atoms with Crippen molar-refractivity contribution in [2.45, 2.75) is 6.92 Å². The van der Waals surface area contributed by atoms with Gasteiger partial charge in [0.1, 0.15) is 15.9 Å². The zero-order valence-electron chi connectivity index (χ0n) is 17.8. The van der Waals surface area contributed by atoms with Crippen LogP contribution in [-0.2, 0) is 0 Å². The third-order valence-corrected chi connectivity index (χ3v) is 7.65. The number of amides is 1. The van der Waals surface area contributed by atoms with Crippen LogP contribution in [0.25, 0.3) is 37.6 Å². The van der Waals surface area contributed by atoms with E-state index in [1.807, 2.05) is 55.5 Å². The lowest BCUT2D eigenvalue weighted by Gasteiger charge is -2.07. The molecule has 0 atom stereocenters. The Morgan fingerprint density at radius 1 is 0.912 bits per heavy atom. The number of halogens is 2. The summed E-state index contributed by atoms with van der Waals surface area (Å²) in [5.41, 5.74) is 3.87. The summed E-state index contributed by atoms with van der Waals surface area (Å²) in [7, 11) is 0. The van der Waals surface area contributed by atoms with Gasteiger partial charge in [0.2, 0.25) is 0 Å². The highest BCUT2D eigenvalue weighted by molar-refractivity contribution is 7.21. The molecule has 0 aliphatic rings. The molecule has 2 heterocycles. The van der Waals surface area contributed by atoms with Crippen LogP contribution in [0.2, 0.25) is 10.0 Å². The summed E-state index contributed by atoms with van der Waals surface area (Å²) in [4.78, 5) is 15.2. The number of hydrogen-bond acceptors (Lipinski definition) is 4. The molecule has 0 fully saturated rings. The van der Waals surface area contributed by atoms with Gasteiger partial charge in [-0.25, -0.2) is 0 Å². The van der Waals surface area contributed by atoms with Gasteiger partial charge in [-0.05, 0) is 48.2 Å². The van der Waals surface area contributed by atoms with Crippen LogP contribution >= 0.6 is 34.5 Å². The summed E-state index contributed by atoms with van der Waals surface area (Å²) < 4.78 is 0.868. The molecule has 166 valence electrons. The fourth-order valence-corrected chi connectivity index (χ4v) is 5.75. The third-order valence-electron chi connectivity index (χ3n) is 5.75. The molecule has 0 saturated carbocycles. The highest BCUT2D eigenvalue weighted by Crippen LogP contribution is 2.37. The minimum atomic E-state index is -0.272. The molecule has 6 rings (SSSR count). The molecular formula is C26H16Cl2N4OS. The van der Waals surface area contributed by atoms with Crippen molar-refractivity contribution in [1.82, 2.24) is 15.0 Å². The molecule has 34 heavy (non-hydrogen) atoms. The summed E-state index contributed by atoms with van der Waals surface area (Å²) in [5.74, 6) is -0.272. The van der Waals surface area contributed by atoms with Crippen LogP contribution in [0.15, 0.2) is 72.8 Å². The van der Waals surface area contributed by atoms with Gasteiger partial charge >= 0.3 is 0 Å². The van der Waals surface area contributed by atoms with Crippen LogP contribution in [0.1, 0.15) is 15.2 Å². The lowest BCUT2D eigenvalue weighted by Crippen LogP contribution is -2.11. The number of thiophene rings is 1. The van der Waals surface area contributed by atoms with Gasteiger partial charge in [-0.2, -0.15) is 0 Å². The third kappa shape index (κ3) is 3.51. The molecule has 2 aromatic heterocycles. The Labute approximate surface area is 208 Å². The Morgan fingerprint density at radius 3 is 2.53 bits per heavy atom. The first-order valence-electron chi connectivity index (χ1n) is 10.5. The number of carbonyl (C=O) groups excluding carboxylic acids is 1. The maximum absolute atomic E-state index is 13.1.